The maximum Gasteiger partial charge on any atom is 0.245 e. The number of aromatic nitrogens is 2. The van der Waals surface area contributed by atoms with Crippen molar-refractivity contribution in [2.75, 3.05) is 19.7 Å². The molecule has 0 saturated carbocycles. The van der Waals surface area contributed by atoms with Gasteiger partial charge in [-0.25, -0.2) is 4.98 Å². The molecule has 184 valence electrons. The summed E-state index contributed by atoms with van der Waals surface area (Å²) in [5.41, 5.74) is 16.3. The van der Waals surface area contributed by atoms with Crippen LogP contribution in [0.4, 0.5) is 0 Å². The van der Waals surface area contributed by atoms with Crippen molar-refractivity contribution in [2.24, 2.45) is 17.2 Å². The second-order valence-electron chi connectivity index (χ2n) is 7.30. The first kappa shape index (κ1) is 27.7. The Morgan fingerprint density at radius 3 is 2.21 bits per heavy atom. The van der Waals surface area contributed by atoms with E-state index < -0.39 is 60.6 Å². The highest BCUT2D eigenvalue weighted by Gasteiger charge is 2.29. The summed E-state index contributed by atoms with van der Waals surface area (Å²) in [6.45, 7) is -0.733. The number of imidazole rings is 1. The van der Waals surface area contributed by atoms with Gasteiger partial charge in [0.15, 0.2) is 5.78 Å². The third-order valence-electron chi connectivity index (χ3n) is 4.63. The molecule has 33 heavy (non-hydrogen) atoms. The lowest BCUT2D eigenvalue weighted by Crippen LogP contribution is -2.57. The number of unbranched alkanes of at least 4 members (excludes halogenated alkanes) is 1. The molecule has 1 aromatic rings. The molecule has 0 aromatic carbocycles. The van der Waals surface area contributed by atoms with Crippen LogP contribution in [0, 0.1) is 0 Å². The number of Topliss-reactive ketones (excluding diaryl/α,β-unsaturated/α-hetero) is 1. The third kappa shape index (κ3) is 10.2. The molecule has 3 atom stereocenters. The Kier molecular flexibility index (Phi) is 12.3. The maximum atomic E-state index is 13.0. The van der Waals surface area contributed by atoms with Crippen molar-refractivity contribution in [3.8, 4) is 0 Å². The molecule has 14 heteroatoms. The molecule has 0 aliphatic heterocycles. The number of ketones is 1. The fourth-order valence-electron chi connectivity index (χ4n) is 2.91. The number of primary amides is 1. The normalized spacial score (nSPS) is 13.4. The number of amides is 4. The van der Waals surface area contributed by atoms with E-state index in [1.165, 1.54) is 12.5 Å². The second kappa shape index (κ2) is 14.7. The van der Waals surface area contributed by atoms with Crippen LogP contribution in [0.3, 0.4) is 0 Å². The van der Waals surface area contributed by atoms with E-state index in [9.17, 15) is 29.1 Å². The molecule has 1 heterocycles. The van der Waals surface area contributed by atoms with E-state index in [-0.39, 0.29) is 19.4 Å². The minimum absolute atomic E-state index is 0.0210. The highest BCUT2D eigenvalue weighted by Crippen LogP contribution is 2.06. The van der Waals surface area contributed by atoms with Crippen molar-refractivity contribution < 1.29 is 29.1 Å². The molecule has 0 spiro atoms. The molecule has 14 nitrogen and oxygen atoms in total. The van der Waals surface area contributed by atoms with Crippen LogP contribution < -0.4 is 33.2 Å². The number of H-pyrrole nitrogens is 1. The SMILES string of the molecule is NCCCC[C@H](NC(=O)[C@H](CO)NC(=O)CN)C(=O)N[C@@H](Cc1cnc[nH]1)C(=O)CC(N)=O. The van der Waals surface area contributed by atoms with Crippen LogP contribution in [0.15, 0.2) is 12.5 Å². The quantitative estimate of drug-likeness (QED) is 0.0866. The van der Waals surface area contributed by atoms with Crippen molar-refractivity contribution in [1.29, 1.82) is 0 Å². The summed E-state index contributed by atoms with van der Waals surface area (Å²) in [5, 5.41) is 16.7. The molecule has 0 bridgehead atoms. The number of nitrogens with zero attached hydrogens (tertiary/aromatic N) is 1. The Morgan fingerprint density at radius 2 is 1.67 bits per heavy atom. The lowest BCUT2D eigenvalue weighted by Gasteiger charge is -2.24. The standard InChI is InChI=1S/C19H32N8O6/c20-4-2-1-3-12(26-19(33)14(9-28)25-17(31)7-21)18(32)27-13(15(29)6-16(22)30)5-11-8-23-10-24-11/h8,10,12-14,28H,1-7,9,20-21H2,(H2,22,30)(H,23,24)(H,25,31)(H,26,33)(H,27,32)/t12-,13-,14-/m0/s1. The Morgan fingerprint density at radius 1 is 1.00 bits per heavy atom. The lowest BCUT2D eigenvalue weighted by molar-refractivity contribution is -0.134. The molecule has 1 aromatic heterocycles. The van der Waals surface area contributed by atoms with Gasteiger partial charge in [-0.2, -0.15) is 0 Å². The van der Waals surface area contributed by atoms with Gasteiger partial charge < -0.3 is 43.2 Å². The zero-order valence-electron chi connectivity index (χ0n) is 18.2. The molecule has 4 amide bonds. The average Bonchev–Trinajstić information content (AvgIpc) is 3.28. The minimum atomic E-state index is -1.32. The molecule has 0 aliphatic rings. The summed E-state index contributed by atoms with van der Waals surface area (Å²) in [6, 6.07) is -3.52. The van der Waals surface area contributed by atoms with Crippen molar-refractivity contribution in [2.45, 2.75) is 50.2 Å². The first-order chi connectivity index (χ1) is 15.7. The summed E-state index contributed by atoms with van der Waals surface area (Å²) in [7, 11) is 0. The van der Waals surface area contributed by atoms with Crippen LogP contribution in [0.25, 0.3) is 0 Å². The number of carbonyl (C=O) groups excluding carboxylic acids is 5. The number of aliphatic hydroxyl groups is 1. The van der Waals surface area contributed by atoms with E-state index in [2.05, 4.69) is 25.9 Å². The van der Waals surface area contributed by atoms with Crippen LogP contribution in [0.2, 0.25) is 0 Å². The van der Waals surface area contributed by atoms with E-state index in [1.807, 2.05) is 0 Å². The molecular weight excluding hydrogens is 436 g/mol. The van der Waals surface area contributed by atoms with Crippen LogP contribution in [-0.4, -0.2) is 82.3 Å². The van der Waals surface area contributed by atoms with Gasteiger partial charge in [-0.15, -0.1) is 0 Å². The Bertz CT molecular complexity index is 800. The van der Waals surface area contributed by atoms with Gasteiger partial charge in [0.2, 0.25) is 23.6 Å². The van der Waals surface area contributed by atoms with E-state index in [4.69, 9.17) is 17.2 Å². The number of nitrogens with one attached hydrogen (secondary N) is 4. The average molecular weight is 469 g/mol. The Labute approximate surface area is 190 Å². The summed E-state index contributed by atoms with van der Waals surface area (Å²) in [6.07, 6.45) is 3.53. The summed E-state index contributed by atoms with van der Waals surface area (Å²) < 4.78 is 0. The van der Waals surface area contributed by atoms with Gasteiger partial charge in [-0.1, -0.05) is 0 Å². The molecule has 0 saturated heterocycles. The first-order valence-corrected chi connectivity index (χ1v) is 10.4. The van der Waals surface area contributed by atoms with Crippen molar-refractivity contribution in [3.05, 3.63) is 18.2 Å². The van der Waals surface area contributed by atoms with Crippen molar-refractivity contribution in [1.82, 2.24) is 25.9 Å². The predicted octanol–water partition coefficient (Wildman–Crippen LogP) is -4.07. The fourth-order valence-corrected chi connectivity index (χ4v) is 2.91. The molecule has 0 unspecified atom stereocenters. The zero-order valence-corrected chi connectivity index (χ0v) is 18.2. The van der Waals surface area contributed by atoms with Crippen molar-refractivity contribution >= 4 is 29.4 Å². The fraction of sp³-hybridized carbons (Fsp3) is 0.579. The molecule has 0 radical (unpaired) electrons. The van der Waals surface area contributed by atoms with E-state index in [1.54, 1.807) is 0 Å². The monoisotopic (exact) mass is 468 g/mol. The maximum absolute atomic E-state index is 13.0. The van der Waals surface area contributed by atoms with Gasteiger partial charge in [-0.3, -0.25) is 24.0 Å². The topological polar surface area (TPSA) is 248 Å². The number of aromatic amines is 1. The number of hydrogen-bond donors (Lipinski definition) is 8. The summed E-state index contributed by atoms with van der Waals surface area (Å²) in [5.74, 6) is -3.62. The van der Waals surface area contributed by atoms with E-state index >= 15 is 0 Å². The van der Waals surface area contributed by atoms with E-state index in [0.717, 1.165) is 0 Å². The highest BCUT2D eigenvalue weighted by atomic mass is 16.3. The van der Waals surface area contributed by atoms with Crippen LogP contribution in [0.5, 0.6) is 0 Å². The molecule has 0 fully saturated rings. The molecular formula is C19H32N8O6. The van der Waals surface area contributed by atoms with Crippen molar-refractivity contribution in [3.63, 3.8) is 0 Å². The van der Waals surface area contributed by atoms with Gasteiger partial charge in [0.1, 0.15) is 12.1 Å². The minimum Gasteiger partial charge on any atom is -0.394 e. The number of nitrogens with two attached hydrogens (primary N) is 3. The second-order valence-corrected chi connectivity index (χ2v) is 7.30. The van der Waals surface area contributed by atoms with Gasteiger partial charge in [0, 0.05) is 18.3 Å². The Balaban J connectivity index is 2.97. The van der Waals surface area contributed by atoms with Crippen LogP contribution in [-0.2, 0) is 30.4 Å². The first-order valence-electron chi connectivity index (χ1n) is 10.4. The van der Waals surface area contributed by atoms with Crippen LogP contribution in [0.1, 0.15) is 31.4 Å². The number of carbonyl (C=O) groups is 5. The smallest absolute Gasteiger partial charge is 0.245 e. The molecule has 11 N–H and O–H groups in total. The number of aliphatic hydroxyl groups excluding tert-OH is 1. The van der Waals surface area contributed by atoms with E-state index in [0.29, 0.717) is 25.1 Å². The number of hydrogen-bond acceptors (Lipinski definition) is 9. The summed E-state index contributed by atoms with van der Waals surface area (Å²) >= 11 is 0. The molecule has 0 aliphatic carbocycles. The predicted molar refractivity (Wildman–Crippen MR) is 116 cm³/mol. The zero-order chi connectivity index (χ0) is 24.8. The highest BCUT2D eigenvalue weighted by molar-refractivity contribution is 6.02. The number of rotatable bonds is 16. The van der Waals surface area contributed by atoms with Crippen LogP contribution >= 0.6 is 0 Å². The third-order valence-corrected chi connectivity index (χ3v) is 4.63. The van der Waals surface area contributed by atoms with Gasteiger partial charge in [-0.05, 0) is 25.8 Å². The lowest BCUT2D eigenvalue weighted by atomic mass is 10.0. The Hall–Kier alpha value is -3.36. The van der Waals surface area contributed by atoms with Gasteiger partial charge >= 0.3 is 0 Å². The van der Waals surface area contributed by atoms with Gasteiger partial charge in [0.05, 0.1) is 31.9 Å². The largest absolute Gasteiger partial charge is 0.394 e. The van der Waals surface area contributed by atoms with Gasteiger partial charge in [0.25, 0.3) is 0 Å². The summed E-state index contributed by atoms with van der Waals surface area (Å²) in [4.78, 5) is 67.3. The molecule has 1 rings (SSSR count).